The number of carbonyl (C=O) groups is 1. The van der Waals surface area contributed by atoms with Crippen LogP contribution in [0.2, 0.25) is 0 Å². The molecule has 1 amide bonds. The van der Waals surface area contributed by atoms with Gasteiger partial charge in [0, 0.05) is 30.6 Å². The number of nitrogens with zero attached hydrogens (tertiary/aromatic N) is 1. The lowest BCUT2D eigenvalue weighted by atomic mass is 10.1. The first-order chi connectivity index (χ1) is 13.1. The monoisotopic (exact) mass is 372 g/mol. The summed E-state index contributed by atoms with van der Waals surface area (Å²) in [6.45, 7) is 4.97. The molecule has 0 aliphatic carbocycles. The van der Waals surface area contributed by atoms with Crippen molar-refractivity contribution in [2.45, 2.75) is 13.0 Å². The summed E-state index contributed by atoms with van der Waals surface area (Å²) in [4.78, 5) is 14.9. The molecule has 142 valence electrons. The van der Waals surface area contributed by atoms with Gasteiger partial charge in [-0.1, -0.05) is 0 Å². The van der Waals surface area contributed by atoms with E-state index in [1.54, 1.807) is 13.2 Å². The standard InChI is InChI=1S/C20H21FN2O4/c1-13-15-11-14(21)4-5-17(15)27-19(13)20(24)22-12-16(18-3-2-8-26-18)23-6-9-25-10-7-23/h2-5,8,11,16H,6-7,9-10,12H2,1H3,(H,22,24). The SMILES string of the molecule is Cc1c(C(=O)NCC(c2ccco2)N2CCOCC2)oc2ccc(F)cc12. The highest BCUT2D eigenvalue weighted by Gasteiger charge is 2.26. The number of halogens is 1. The molecule has 3 heterocycles. The van der Waals surface area contributed by atoms with E-state index in [0.717, 1.165) is 18.8 Å². The van der Waals surface area contributed by atoms with Crippen LogP contribution in [0, 0.1) is 12.7 Å². The number of carbonyl (C=O) groups excluding carboxylic acids is 1. The largest absolute Gasteiger partial charge is 0.468 e. The number of hydrogen-bond donors (Lipinski definition) is 1. The number of ether oxygens (including phenoxy) is 1. The quantitative estimate of drug-likeness (QED) is 0.744. The molecule has 1 aliphatic heterocycles. The van der Waals surface area contributed by atoms with Gasteiger partial charge >= 0.3 is 0 Å². The van der Waals surface area contributed by atoms with Gasteiger partial charge in [-0.15, -0.1) is 0 Å². The second-order valence-corrected chi connectivity index (χ2v) is 6.59. The summed E-state index contributed by atoms with van der Waals surface area (Å²) >= 11 is 0. The number of aryl methyl sites for hydroxylation is 1. The second kappa shape index (κ2) is 7.54. The Labute approximate surface area is 155 Å². The number of fused-ring (bicyclic) bond motifs is 1. The van der Waals surface area contributed by atoms with Gasteiger partial charge in [0.15, 0.2) is 5.76 Å². The van der Waals surface area contributed by atoms with Gasteiger partial charge in [-0.3, -0.25) is 9.69 Å². The Kier molecular flexibility index (Phi) is 4.96. The van der Waals surface area contributed by atoms with Gasteiger partial charge in [0.2, 0.25) is 0 Å². The average Bonchev–Trinajstić information content (AvgIpc) is 3.32. The minimum atomic E-state index is -0.358. The van der Waals surface area contributed by atoms with Crippen LogP contribution >= 0.6 is 0 Å². The first-order valence-corrected chi connectivity index (χ1v) is 8.95. The lowest BCUT2D eigenvalue weighted by Crippen LogP contribution is -2.43. The lowest BCUT2D eigenvalue weighted by Gasteiger charge is -2.33. The van der Waals surface area contributed by atoms with Crippen molar-refractivity contribution in [1.29, 1.82) is 0 Å². The van der Waals surface area contributed by atoms with Crippen LogP contribution in [0.25, 0.3) is 11.0 Å². The predicted octanol–water partition coefficient (Wildman–Crippen LogP) is 3.28. The fraction of sp³-hybridized carbons (Fsp3) is 0.350. The predicted molar refractivity (Wildman–Crippen MR) is 97.1 cm³/mol. The molecule has 1 aliphatic rings. The van der Waals surface area contributed by atoms with Crippen LogP contribution in [0.5, 0.6) is 0 Å². The number of benzene rings is 1. The molecule has 1 atom stereocenters. The van der Waals surface area contributed by atoms with Crippen LogP contribution in [-0.4, -0.2) is 43.7 Å². The van der Waals surface area contributed by atoms with Crippen LogP contribution in [-0.2, 0) is 4.74 Å². The van der Waals surface area contributed by atoms with E-state index < -0.39 is 0 Å². The fourth-order valence-corrected chi connectivity index (χ4v) is 3.46. The zero-order chi connectivity index (χ0) is 18.8. The Bertz CT molecular complexity index is 929. The third-order valence-electron chi connectivity index (χ3n) is 4.92. The van der Waals surface area contributed by atoms with Crippen LogP contribution in [0.15, 0.2) is 45.4 Å². The fourth-order valence-electron chi connectivity index (χ4n) is 3.46. The zero-order valence-corrected chi connectivity index (χ0v) is 15.0. The van der Waals surface area contributed by atoms with Gasteiger partial charge in [-0.05, 0) is 37.3 Å². The highest BCUT2D eigenvalue weighted by molar-refractivity contribution is 5.98. The van der Waals surface area contributed by atoms with Gasteiger partial charge < -0.3 is 18.9 Å². The molecule has 7 heteroatoms. The second-order valence-electron chi connectivity index (χ2n) is 6.59. The number of nitrogens with one attached hydrogen (secondary N) is 1. The summed E-state index contributed by atoms with van der Waals surface area (Å²) in [5, 5.41) is 3.54. The Morgan fingerprint density at radius 2 is 2.11 bits per heavy atom. The summed E-state index contributed by atoms with van der Waals surface area (Å²) < 4.78 is 30.1. The molecule has 1 saturated heterocycles. The van der Waals surface area contributed by atoms with Gasteiger partial charge in [0.1, 0.15) is 17.2 Å². The Morgan fingerprint density at radius 3 is 2.85 bits per heavy atom. The third kappa shape index (κ3) is 3.61. The first kappa shape index (κ1) is 17.8. The summed E-state index contributed by atoms with van der Waals surface area (Å²) in [5.74, 6) is 0.314. The molecular weight excluding hydrogens is 351 g/mol. The van der Waals surface area contributed by atoms with Crippen molar-refractivity contribution >= 4 is 16.9 Å². The number of amides is 1. The minimum absolute atomic E-state index is 0.0880. The molecule has 1 N–H and O–H groups in total. The number of morpholine rings is 1. The van der Waals surface area contributed by atoms with E-state index in [1.165, 1.54) is 18.2 Å². The molecule has 1 unspecified atom stereocenters. The van der Waals surface area contributed by atoms with Crippen molar-refractivity contribution in [2.24, 2.45) is 0 Å². The van der Waals surface area contributed by atoms with Gasteiger partial charge in [0.25, 0.3) is 5.91 Å². The van der Waals surface area contributed by atoms with Crippen molar-refractivity contribution < 1.29 is 22.8 Å². The average molecular weight is 372 g/mol. The number of rotatable bonds is 5. The highest BCUT2D eigenvalue weighted by atomic mass is 19.1. The Morgan fingerprint density at radius 1 is 1.30 bits per heavy atom. The van der Waals surface area contributed by atoms with Crippen molar-refractivity contribution in [2.75, 3.05) is 32.8 Å². The van der Waals surface area contributed by atoms with Crippen LogP contribution in [0.3, 0.4) is 0 Å². The Balaban J connectivity index is 1.52. The molecule has 0 saturated carbocycles. The summed E-state index contributed by atoms with van der Waals surface area (Å²) in [5.41, 5.74) is 1.12. The van der Waals surface area contributed by atoms with Gasteiger partial charge in [0.05, 0.1) is 25.5 Å². The van der Waals surface area contributed by atoms with E-state index in [4.69, 9.17) is 13.6 Å². The Hall–Kier alpha value is -2.64. The van der Waals surface area contributed by atoms with E-state index >= 15 is 0 Å². The topological polar surface area (TPSA) is 67.9 Å². The molecule has 2 aromatic heterocycles. The van der Waals surface area contributed by atoms with Crippen molar-refractivity contribution in [1.82, 2.24) is 10.2 Å². The van der Waals surface area contributed by atoms with Gasteiger partial charge in [-0.25, -0.2) is 4.39 Å². The van der Waals surface area contributed by atoms with E-state index in [2.05, 4.69) is 10.2 Å². The third-order valence-corrected chi connectivity index (χ3v) is 4.92. The molecule has 6 nitrogen and oxygen atoms in total. The minimum Gasteiger partial charge on any atom is -0.468 e. The molecule has 0 spiro atoms. The molecule has 3 aromatic rings. The van der Waals surface area contributed by atoms with E-state index in [9.17, 15) is 9.18 Å². The van der Waals surface area contributed by atoms with Crippen LogP contribution < -0.4 is 5.32 Å². The van der Waals surface area contributed by atoms with E-state index in [-0.39, 0.29) is 23.5 Å². The number of hydrogen-bond acceptors (Lipinski definition) is 5. The zero-order valence-electron chi connectivity index (χ0n) is 15.0. The summed E-state index contributed by atoms with van der Waals surface area (Å²) in [6.07, 6.45) is 1.63. The molecule has 1 aromatic carbocycles. The molecule has 1 fully saturated rings. The smallest absolute Gasteiger partial charge is 0.287 e. The highest BCUT2D eigenvalue weighted by Crippen LogP contribution is 2.26. The molecule has 27 heavy (non-hydrogen) atoms. The maximum atomic E-state index is 13.5. The van der Waals surface area contributed by atoms with Crippen molar-refractivity contribution in [3.8, 4) is 0 Å². The van der Waals surface area contributed by atoms with Crippen LogP contribution in [0.1, 0.15) is 27.9 Å². The van der Waals surface area contributed by atoms with E-state index in [0.29, 0.717) is 36.3 Å². The first-order valence-electron chi connectivity index (χ1n) is 8.95. The van der Waals surface area contributed by atoms with Crippen molar-refractivity contribution in [3.63, 3.8) is 0 Å². The summed E-state index contributed by atoms with van der Waals surface area (Å²) in [7, 11) is 0. The maximum absolute atomic E-state index is 13.5. The lowest BCUT2D eigenvalue weighted by molar-refractivity contribution is 0.0117. The van der Waals surface area contributed by atoms with Crippen LogP contribution in [0.4, 0.5) is 4.39 Å². The molecular formula is C20H21FN2O4. The number of furan rings is 2. The van der Waals surface area contributed by atoms with Gasteiger partial charge in [-0.2, -0.15) is 0 Å². The molecule has 0 radical (unpaired) electrons. The maximum Gasteiger partial charge on any atom is 0.287 e. The molecule has 0 bridgehead atoms. The summed E-state index contributed by atoms with van der Waals surface area (Å²) in [6, 6.07) is 7.88. The van der Waals surface area contributed by atoms with E-state index in [1.807, 2.05) is 12.1 Å². The van der Waals surface area contributed by atoms with Crippen molar-refractivity contribution in [3.05, 3.63) is 59.5 Å². The normalized spacial score (nSPS) is 16.5. The molecule has 4 rings (SSSR count).